The van der Waals surface area contributed by atoms with Crippen LogP contribution in [0.3, 0.4) is 0 Å². The van der Waals surface area contributed by atoms with E-state index in [0.29, 0.717) is 19.1 Å². The molecule has 0 aromatic heterocycles. The fraction of sp³-hybridized carbons (Fsp3) is 0.500. The summed E-state index contributed by atoms with van der Waals surface area (Å²) in [5, 5.41) is 16.2. The lowest BCUT2D eigenvalue weighted by atomic mass is 9.97. The third-order valence-electron chi connectivity index (χ3n) is 6.18. The molecule has 1 fully saturated rings. The number of aliphatic imine (C=N–C) groups is 1. The average Bonchev–Trinajstić information content (AvgIpc) is 2.83. The summed E-state index contributed by atoms with van der Waals surface area (Å²) in [7, 11) is 0. The molecular weight excluding hydrogens is 384 g/mol. The van der Waals surface area contributed by atoms with Crippen molar-refractivity contribution in [2.75, 3.05) is 31.1 Å². The Morgan fingerprint density at radius 3 is 2.26 bits per heavy atom. The van der Waals surface area contributed by atoms with Crippen LogP contribution in [0.5, 0.6) is 0 Å². The van der Waals surface area contributed by atoms with Crippen LogP contribution in [0.25, 0.3) is 0 Å². The maximum atomic E-state index is 9.33. The molecule has 1 saturated heterocycles. The number of piperidine rings is 1. The SMILES string of the molecule is CCNC(=NCc1ccc(N2CCC(CO)CC2)cc1)NC(C)c1ccc(CC)cc1. The zero-order valence-corrected chi connectivity index (χ0v) is 19.3. The number of benzene rings is 2. The number of nitrogens with zero attached hydrogens (tertiary/aromatic N) is 2. The summed E-state index contributed by atoms with van der Waals surface area (Å²) in [6.07, 6.45) is 3.20. The summed E-state index contributed by atoms with van der Waals surface area (Å²) in [4.78, 5) is 7.21. The van der Waals surface area contributed by atoms with E-state index in [-0.39, 0.29) is 6.04 Å². The Labute approximate surface area is 187 Å². The number of nitrogens with one attached hydrogen (secondary N) is 2. The van der Waals surface area contributed by atoms with Gasteiger partial charge >= 0.3 is 0 Å². The summed E-state index contributed by atoms with van der Waals surface area (Å²) < 4.78 is 0. The van der Waals surface area contributed by atoms with Gasteiger partial charge in [-0.3, -0.25) is 0 Å². The van der Waals surface area contributed by atoms with Crippen molar-refractivity contribution >= 4 is 11.6 Å². The summed E-state index contributed by atoms with van der Waals surface area (Å²) in [5.74, 6) is 1.30. The topological polar surface area (TPSA) is 59.9 Å². The van der Waals surface area contributed by atoms with Crippen LogP contribution >= 0.6 is 0 Å². The minimum Gasteiger partial charge on any atom is -0.396 e. The average molecular weight is 423 g/mol. The van der Waals surface area contributed by atoms with Gasteiger partial charge in [0.1, 0.15) is 0 Å². The first-order valence-electron chi connectivity index (χ1n) is 11.7. The standard InChI is InChI=1S/C26H38N4O/c1-4-21-6-10-24(11-7-21)20(3)29-26(27-5-2)28-18-22-8-12-25(13-9-22)30-16-14-23(19-31)15-17-30/h6-13,20,23,31H,4-5,14-19H2,1-3H3,(H2,27,28,29). The predicted octanol–water partition coefficient (Wildman–Crippen LogP) is 4.27. The summed E-state index contributed by atoms with van der Waals surface area (Å²) in [5.41, 5.74) is 5.08. The van der Waals surface area contributed by atoms with Crippen LogP contribution in [-0.4, -0.2) is 37.3 Å². The minimum absolute atomic E-state index is 0.188. The molecule has 0 amide bonds. The van der Waals surface area contributed by atoms with Crippen LogP contribution in [-0.2, 0) is 13.0 Å². The van der Waals surface area contributed by atoms with Crippen molar-refractivity contribution in [2.45, 2.75) is 52.6 Å². The molecule has 1 aliphatic rings. The number of hydrogen-bond donors (Lipinski definition) is 3. The van der Waals surface area contributed by atoms with Crippen LogP contribution in [0.2, 0.25) is 0 Å². The normalized spacial score (nSPS) is 16.3. The highest BCUT2D eigenvalue weighted by Crippen LogP contribution is 2.23. The zero-order chi connectivity index (χ0) is 22.1. The molecule has 1 heterocycles. The highest BCUT2D eigenvalue weighted by Gasteiger charge is 2.18. The lowest BCUT2D eigenvalue weighted by Gasteiger charge is -2.32. The Hall–Kier alpha value is -2.53. The van der Waals surface area contributed by atoms with Crippen molar-refractivity contribution < 1.29 is 5.11 Å². The fourth-order valence-corrected chi connectivity index (χ4v) is 4.01. The summed E-state index contributed by atoms with van der Waals surface area (Å²) >= 11 is 0. The van der Waals surface area contributed by atoms with Gasteiger partial charge in [-0.15, -0.1) is 0 Å². The molecule has 1 unspecified atom stereocenters. The van der Waals surface area contributed by atoms with Crippen LogP contribution in [0.4, 0.5) is 5.69 Å². The number of rotatable bonds is 8. The van der Waals surface area contributed by atoms with Gasteiger partial charge in [0, 0.05) is 31.9 Å². The molecule has 168 valence electrons. The molecule has 3 rings (SSSR count). The highest BCUT2D eigenvalue weighted by atomic mass is 16.3. The molecule has 5 nitrogen and oxygen atoms in total. The first kappa shape index (κ1) is 23.1. The maximum Gasteiger partial charge on any atom is 0.192 e. The third-order valence-corrected chi connectivity index (χ3v) is 6.18. The van der Waals surface area contributed by atoms with Crippen LogP contribution in [0, 0.1) is 5.92 Å². The van der Waals surface area contributed by atoms with Gasteiger partial charge in [0.25, 0.3) is 0 Å². The molecule has 1 aliphatic heterocycles. The van der Waals surface area contributed by atoms with Crippen molar-refractivity contribution in [2.24, 2.45) is 10.9 Å². The molecule has 1 atom stereocenters. The number of anilines is 1. The summed E-state index contributed by atoms with van der Waals surface area (Å²) in [6.45, 7) is 10.3. The first-order chi connectivity index (χ1) is 15.1. The van der Waals surface area contributed by atoms with E-state index >= 15 is 0 Å². The molecule has 3 N–H and O–H groups in total. The van der Waals surface area contributed by atoms with E-state index in [1.807, 2.05) is 0 Å². The lowest BCUT2D eigenvalue weighted by molar-refractivity contribution is 0.203. The minimum atomic E-state index is 0.188. The molecule has 2 aromatic carbocycles. The monoisotopic (exact) mass is 422 g/mol. The van der Waals surface area contributed by atoms with Crippen LogP contribution in [0.15, 0.2) is 53.5 Å². The molecule has 5 heteroatoms. The van der Waals surface area contributed by atoms with E-state index in [4.69, 9.17) is 4.99 Å². The smallest absolute Gasteiger partial charge is 0.192 e. The molecule has 2 aromatic rings. The van der Waals surface area contributed by atoms with E-state index in [0.717, 1.165) is 44.9 Å². The van der Waals surface area contributed by atoms with E-state index in [1.54, 1.807) is 0 Å². The second-order valence-electron chi connectivity index (χ2n) is 8.44. The van der Waals surface area contributed by atoms with Crippen molar-refractivity contribution in [3.8, 4) is 0 Å². The van der Waals surface area contributed by atoms with E-state index in [2.05, 4.69) is 84.8 Å². The number of aliphatic hydroxyl groups is 1. The van der Waals surface area contributed by atoms with Gasteiger partial charge in [-0.05, 0) is 67.9 Å². The molecule has 31 heavy (non-hydrogen) atoms. The molecule has 0 aliphatic carbocycles. The Morgan fingerprint density at radius 1 is 1.03 bits per heavy atom. The number of guanidine groups is 1. The van der Waals surface area contributed by atoms with Gasteiger partial charge in [-0.1, -0.05) is 43.3 Å². The second kappa shape index (κ2) is 11.8. The van der Waals surface area contributed by atoms with Gasteiger partial charge < -0.3 is 20.6 Å². The Bertz CT molecular complexity index is 808. The van der Waals surface area contributed by atoms with Crippen molar-refractivity contribution in [3.63, 3.8) is 0 Å². The number of aryl methyl sites for hydroxylation is 1. The third kappa shape index (κ3) is 6.73. The van der Waals surface area contributed by atoms with Gasteiger partial charge in [0.05, 0.1) is 12.6 Å². The van der Waals surface area contributed by atoms with E-state index < -0.39 is 0 Å². The molecule has 0 spiro atoms. The van der Waals surface area contributed by atoms with E-state index in [9.17, 15) is 5.11 Å². The molecule has 0 radical (unpaired) electrons. The lowest BCUT2D eigenvalue weighted by Crippen LogP contribution is -2.38. The number of hydrogen-bond acceptors (Lipinski definition) is 3. The van der Waals surface area contributed by atoms with Gasteiger partial charge in [-0.25, -0.2) is 4.99 Å². The van der Waals surface area contributed by atoms with Crippen molar-refractivity contribution in [1.82, 2.24) is 10.6 Å². The summed E-state index contributed by atoms with van der Waals surface area (Å²) in [6, 6.07) is 17.7. The predicted molar refractivity (Wildman–Crippen MR) is 131 cm³/mol. The van der Waals surface area contributed by atoms with Crippen LogP contribution in [0.1, 0.15) is 56.3 Å². The highest BCUT2D eigenvalue weighted by molar-refractivity contribution is 5.80. The molecule has 0 saturated carbocycles. The Morgan fingerprint density at radius 2 is 1.68 bits per heavy atom. The maximum absolute atomic E-state index is 9.33. The largest absolute Gasteiger partial charge is 0.396 e. The van der Waals surface area contributed by atoms with Gasteiger partial charge in [0.15, 0.2) is 5.96 Å². The van der Waals surface area contributed by atoms with Gasteiger partial charge in [-0.2, -0.15) is 0 Å². The van der Waals surface area contributed by atoms with Crippen molar-refractivity contribution in [3.05, 3.63) is 65.2 Å². The van der Waals surface area contributed by atoms with Gasteiger partial charge in [0.2, 0.25) is 0 Å². The zero-order valence-electron chi connectivity index (χ0n) is 19.3. The quantitative estimate of drug-likeness (QED) is 0.439. The number of aliphatic hydroxyl groups excluding tert-OH is 1. The van der Waals surface area contributed by atoms with Crippen LogP contribution < -0.4 is 15.5 Å². The Kier molecular flexibility index (Phi) is 8.77. The molecular formula is C26H38N4O. The fourth-order valence-electron chi connectivity index (χ4n) is 4.01. The Balaban J connectivity index is 1.58. The van der Waals surface area contributed by atoms with Crippen molar-refractivity contribution in [1.29, 1.82) is 0 Å². The second-order valence-corrected chi connectivity index (χ2v) is 8.44. The van der Waals surface area contributed by atoms with E-state index in [1.165, 1.54) is 22.4 Å². The molecule has 0 bridgehead atoms. The first-order valence-corrected chi connectivity index (χ1v) is 11.7.